The molecule has 6 heteroatoms. The zero-order valence-electron chi connectivity index (χ0n) is 11.7. The fourth-order valence-electron chi connectivity index (χ4n) is 2.25. The minimum Gasteiger partial charge on any atom is -0.465 e. The van der Waals surface area contributed by atoms with Crippen LogP contribution in [0.3, 0.4) is 0 Å². The summed E-state index contributed by atoms with van der Waals surface area (Å²) in [5.41, 5.74) is 0.738. The maximum atomic E-state index is 12.9. The summed E-state index contributed by atoms with van der Waals surface area (Å²) in [5.74, 6) is -3.47. The van der Waals surface area contributed by atoms with Crippen molar-refractivity contribution in [2.24, 2.45) is 5.92 Å². The lowest BCUT2D eigenvalue weighted by atomic mass is 9.95. The Hall–Kier alpha value is -2.24. The second kappa shape index (κ2) is 6.47. The molecule has 0 aliphatic carbocycles. The van der Waals surface area contributed by atoms with Crippen LogP contribution in [0.2, 0.25) is 0 Å². The van der Waals surface area contributed by atoms with Crippen molar-refractivity contribution < 1.29 is 23.5 Å². The molecule has 112 valence electrons. The number of piperidine rings is 1. The van der Waals surface area contributed by atoms with Crippen LogP contribution in [-0.4, -0.2) is 35.7 Å². The Kier molecular flexibility index (Phi) is 4.67. The van der Waals surface area contributed by atoms with Crippen LogP contribution < -0.4 is 0 Å². The second-order valence-electron chi connectivity index (χ2n) is 4.79. The molecule has 5 nitrogen and oxygen atoms in total. The molecule has 1 unspecified atom stereocenters. The van der Waals surface area contributed by atoms with E-state index in [-0.39, 0.29) is 31.9 Å². The molecule has 1 heterocycles. The van der Waals surface area contributed by atoms with Gasteiger partial charge in [-0.2, -0.15) is 0 Å². The van der Waals surface area contributed by atoms with E-state index in [1.165, 1.54) is 17.0 Å². The van der Waals surface area contributed by atoms with Gasteiger partial charge in [-0.1, -0.05) is 12.1 Å². The summed E-state index contributed by atoms with van der Waals surface area (Å²) < 4.78 is 17.6. The van der Waals surface area contributed by atoms with Crippen LogP contribution in [0, 0.1) is 11.7 Å². The van der Waals surface area contributed by atoms with Crippen molar-refractivity contribution in [3.8, 4) is 0 Å². The van der Waals surface area contributed by atoms with Gasteiger partial charge >= 0.3 is 5.97 Å². The van der Waals surface area contributed by atoms with Crippen molar-refractivity contribution in [3.63, 3.8) is 0 Å². The third-order valence-corrected chi connectivity index (χ3v) is 3.32. The van der Waals surface area contributed by atoms with Gasteiger partial charge < -0.3 is 9.64 Å². The molecule has 1 fully saturated rings. The van der Waals surface area contributed by atoms with Gasteiger partial charge in [-0.25, -0.2) is 4.39 Å². The Morgan fingerprint density at radius 1 is 1.33 bits per heavy atom. The summed E-state index contributed by atoms with van der Waals surface area (Å²) in [5, 5.41) is 0. The van der Waals surface area contributed by atoms with Crippen molar-refractivity contribution in [2.75, 3.05) is 13.2 Å². The minimum atomic E-state index is -1.36. The molecule has 0 saturated carbocycles. The van der Waals surface area contributed by atoms with E-state index >= 15 is 0 Å². The van der Waals surface area contributed by atoms with Crippen molar-refractivity contribution in [1.29, 1.82) is 0 Å². The topological polar surface area (TPSA) is 63.7 Å². The van der Waals surface area contributed by atoms with E-state index in [9.17, 15) is 18.8 Å². The number of Topliss-reactive ketones (excluding diaryl/α,β-unsaturated/α-hetero) is 1. The highest BCUT2D eigenvalue weighted by Gasteiger charge is 2.41. The molecule has 2 rings (SSSR count). The molecular weight excluding hydrogens is 277 g/mol. The standard InChI is InChI=1S/C15H16FNO4/c1-2-21-15(20)13-12(18)7-8-17(14(13)19)9-10-3-5-11(16)6-4-10/h3-6,13H,2,7-9H2,1H3. The molecule has 0 bridgehead atoms. The lowest BCUT2D eigenvalue weighted by Gasteiger charge is -2.30. The Labute approximate surface area is 121 Å². The Balaban J connectivity index is 2.10. The fourth-order valence-corrected chi connectivity index (χ4v) is 2.25. The van der Waals surface area contributed by atoms with Crippen molar-refractivity contribution >= 4 is 17.7 Å². The van der Waals surface area contributed by atoms with Crippen LogP contribution in [0.5, 0.6) is 0 Å². The van der Waals surface area contributed by atoms with E-state index in [1.807, 2.05) is 0 Å². The van der Waals surface area contributed by atoms with Crippen molar-refractivity contribution in [1.82, 2.24) is 4.90 Å². The van der Waals surface area contributed by atoms with Gasteiger partial charge in [0.2, 0.25) is 5.91 Å². The zero-order valence-corrected chi connectivity index (χ0v) is 11.7. The van der Waals surface area contributed by atoms with Gasteiger partial charge in [-0.3, -0.25) is 14.4 Å². The summed E-state index contributed by atoms with van der Waals surface area (Å²) >= 11 is 0. The third-order valence-electron chi connectivity index (χ3n) is 3.32. The maximum Gasteiger partial charge on any atom is 0.326 e. The molecule has 21 heavy (non-hydrogen) atoms. The van der Waals surface area contributed by atoms with Gasteiger partial charge in [0.05, 0.1) is 6.61 Å². The predicted octanol–water partition coefficient (Wildman–Crippen LogP) is 1.31. The molecule has 0 N–H and O–H groups in total. The van der Waals surface area contributed by atoms with Crippen LogP contribution in [0.4, 0.5) is 4.39 Å². The molecule has 1 atom stereocenters. The van der Waals surface area contributed by atoms with E-state index in [1.54, 1.807) is 19.1 Å². The molecule has 0 spiro atoms. The van der Waals surface area contributed by atoms with Crippen LogP contribution in [0.25, 0.3) is 0 Å². The number of hydrogen-bond donors (Lipinski definition) is 0. The number of nitrogens with zero attached hydrogens (tertiary/aromatic N) is 1. The Morgan fingerprint density at radius 3 is 2.62 bits per heavy atom. The number of likely N-dealkylation sites (tertiary alicyclic amines) is 1. The quantitative estimate of drug-likeness (QED) is 0.620. The van der Waals surface area contributed by atoms with Gasteiger partial charge in [0.25, 0.3) is 0 Å². The maximum absolute atomic E-state index is 12.9. The molecule has 1 aliphatic rings. The van der Waals surface area contributed by atoms with Gasteiger partial charge in [0.15, 0.2) is 11.7 Å². The number of benzene rings is 1. The second-order valence-corrected chi connectivity index (χ2v) is 4.79. The van der Waals surface area contributed by atoms with Crippen LogP contribution in [-0.2, 0) is 25.7 Å². The largest absolute Gasteiger partial charge is 0.465 e. The summed E-state index contributed by atoms with van der Waals surface area (Å²) in [6.45, 7) is 2.23. The summed E-state index contributed by atoms with van der Waals surface area (Å²) in [4.78, 5) is 37.2. The highest BCUT2D eigenvalue weighted by Crippen LogP contribution is 2.19. The lowest BCUT2D eigenvalue weighted by molar-refractivity contribution is -0.161. The normalized spacial score (nSPS) is 18.8. The highest BCUT2D eigenvalue weighted by atomic mass is 19.1. The summed E-state index contributed by atoms with van der Waals surface area (Å²) in [6.07, 6.45) is 0.121. The first-order chi connectivity index (χ1) is 10.0. The van der Waals surface area contributed by atoms with Crippen molar-refractivity contribution in [3.05, 3.63) is 35.6 Å². The molecule has 1 aromatic carbocycles. The summed E-state index contributed by atoms with van der Waals surface area (Å²) in [6, 6.07) is 5.74. The Bertz CT molecular complexity index is 555. The average Bonchev–Trinajstić information content (AvgIpc) is 2.45. The number of esters is 1. The Morgan fingerprint density at radius 2 is 2.00 bits per heavy atom. The smallest absolute Gasteiger partial charge is 0.326 e. The van der Waals surface area contributed by atoms with Gasteiger partial charge in [0, 0.05) is 19.5 Å². The molecule has 0 radical (unpaired) electrons. The number of hydrogen-bond acceptors (Lipinski definition) is 4. The number of ketones is 1. The number of halogens is 1. The van der Waals surface area contributed by atoms with Gasteiger partial charge in [0.1, 0.15) is 5.82 Å². The monoisotopic (exact) mass is 293 g/mol. The number of rotatable bonds is 4. The fraction of sp³-hybridized carbons (Fsp3) is 0.400. The van der Waals surface area contributed by atoms with E-state index in [0.29, 0.717) is 0 Å². The van der Waals surface area contributed by atoms with E-state index in [4.69, 9.17) is 4.74 Å². The van der Waals surface area contributed by atoms with Crippen LogP contribution >= 0.6 is 0 Å². The predicted molar refractivity (Wildman–Crippen MR) is 71.6 cm³/mol. The first-order valence-electron chi connectivity index (χ1n) is 6.75. The minimum absolute atomic E-state index is 0.119. The van der Waals surface area contributed by atoms with Crippen LogP contribution in [0.1, 0.15) is 18.9 Å². The van der Waals surface area contributed by atoms with E-state index in [2.05, 4.69) is 0 Å². The highest BCUT2D eigenvalue weighted by molar-refractivity contribution is 6.17. The molecule has 1 amide bonds. The zero-order chi connectivity index (χ0) is 15.4. The van der Waals surface area contributed by atoms with Crippen LogP contribution in [0.15, 0.2) is 24.3 Å². The lowest BCUT2D eigenvalue weighted by Crippen LogP contribution is -2.49. The van der Waals surface area contributed by atoms with Gasteiger partial charge in [-0.05, 0) is 24.6 Å². The van der Waals surface area contributed by atoms with Crippen molar-refractivity contribution in [2.45, 2.75) is 19.9 Å². The average molecular weight is 293 g/mol. The number of amides is 1. The number of carbonyl (C=O) groups excluding carboxylic acids is 3. The number of carbonyl (C=O) groups is 3. The molecule has 1 aromatic rings. The first-order valence-corrected chi connectivity index (χ1v) is 6.75. The SMILES string of the molecule is CCOC(=O)C1C(=O)CCN(Cc2ccc(F)cc2)C1=O. The molecule has 0 aromatic heterocycles. The molecular formula is C15H16FNO4. The summed E-state index contributed by atoms with van der Waals surface area (Å²) in [7, 11) is 0. The van der Waals surface area contributed by atoms with E-state index in [0.717, 1.165) is 5.56 Å². The number of ether oxygens (including phenoxy) is 1. The molecule has 1 aliphatic heterocycles. The van der Waals surface area contributed by atoms with E-state index < -0.39 is 23.6 Å². The molecule has 1 saturated heterocycles. The first kappa shape index (κ1) is 15.2. The van der Waals surface area contributed by atoms with Gasteiger partial charge in [-0.15, -0.1) is 0 Å². The third kappa shape index (κ3) is 3.45.